The van der Waals surface area contributed by atoms with Gasteiger partial charge in [-0.15, -0.1) is 0 Å². The van der Waals surface area contributed by atoms with E-state index in [2.05, 4.69) is 10.3 Å². The van der Waals surface area contributed by atoms with Gasteiger partial charge in [-0.25, -0.2) is 9.78 Å². The first-order chi connectivity index (χ1) is 23.0. The van der Waals surface area contributed by atoms with Crippen molar-refractivity contribution >= 4 is 46.6 Å². The predicted octanol–water partition coefficient (Wildman–Crippen LogP) is 1.41. The van der Waals surface area contributed by atoms with Crippen molar-refractivity contribution in [3.8, 4) is 5.75 Å². The Balaban J connectivity index is 1.30. The standard InChI is InChI=1S/C33H42N6O9/c1-3-47-33(46)38-15-13-37(14-16-38)31(44)25(19-29(41)42)35-30(43)24-18-27(22-9-8-21(2)17-23(22)34-24)48-20-28(40)39-12-6-7-26(39)32(45)36-10-4-5-11-36/h8-9,17-18,25-26H,3-7,10-16,19-20H2,1-2H3,(H,35,43)(H,41,42). The largest absolute Gasteiger partial charge is 0.483 e. The molecule has 2 atom stereocenters. The molecule has 0 radical (unpaired) electrons. The number of hydrogen-bond donors (Lipinski definition) is 2. The molecule has 1 aromatic heterocycles. The summed E-state index contributed by atoms with van der Waals surface area (Å²) in [5, 5.41) is 12.6. The number of carboxylic acid groups (broad SMARTS) is 1. The zero-order valence-electron chi connectivity index (χ0n) is 27.3. The van der Waals surface area contributed by atoms with Crippen molar-refractivity contribution in [3.63, 3.8) is 0 Å². The van der Waals surface area contributed by atoms with Crippen molar-refractivity contribution in [3.05, 3.63) is 35.5 Å². The minimum atomic E-state index is -1.40. The topological polar surface area (TPSA) is 179 Å². The highest BCUT2D eigenvalue weighted by molar-refractivity contribution is 6.00. The number of amides is 5. The van der Waals surface area contributed by atoms with E-state index in [1.54, 1.807) is 24.0 Å². The molecule has 4 heterocycles. The van der Waals surface area contributed by atoms with Crippen molar-refractivity contribution in [2.45, 2.75) is 58.0 Å². The van der Waals surface area contributed by atoms with Crippen LogP contribution in [0.15, 0.2) is 24.3 Å². The van der Waals surface area contributed by atoms with E-state index in [9.17, 15) is 33.9 Å². The number of aromatic nitrogens is 1. The first kappa shape index (κ1) is 34.4. The average Bonchev–Trinajstić information content (AvgIpc) is 3.79. The van der Waals surface area contributed by atoms with Crippen LogP contribution in [-0.2, 0) is 23.9 Å². The molecule has 0 saturated carbocycles. The van der Waals surface area contributed by atoms with Gasteiger partial charge < -0.3 is 39.5 Å². The van der Waals surface area contributed by atoms with Crippen LogP contribution in [0.2, 0.25) is 0 Å². The van der Waals surface area contributed by atoms with Gasteiger partial charge in [-0.05, 0) is 57.2 Å². The summed E-state index contributed by atoms with van der Waals surface area (Å²) in [5.41, 5.74) is 1.13. The van der Waals surface area contributed by atoms with E-state index in [1.165, 1.54) is 15.9 Å². The van der Waals surface area contributed by atoms with E-state index in [-0.39, 0.29) is 62.7 Å². The minimum absolute atomic E-state index is 0.0338. The van der Waals surface area contributed by atoms with E-state index in [0.29, 0.717) is 37.0 Å². The fourth-order valence-corrected chi connectivity index (χ4v) is 6.39. The molecule has 15 nitrogen and oxygen atoms in total. The van der Waals surface area contributed by atoms with Crippen molar-refractivity contribution in [1.29, 1.82) is 0 Å². The van der Waals surface area contributed by atoms with E-state index in [4.69, 9.17) is 9.47 Å². The van der Waals surface area contributed by atoms with Crippen LogP contribution in [0.4, 0.5) is 4.79 Å². The highest BCUT2D eigenvalue weighted by Gasteiger charge is 2.37. The number of rotatable bonds is 10. The minimum Gasteiger partial charge on any atom is -0.483 e. The first-order valence-electron chi connectivity index (χ1n) is 16.4. The van der Waals surface area contributed by atoms with Crippen LogP contribution in [-0.4, -0.2) is 136 Å². The van der Waals surface area contributed by atoms with Gasteiger partial charge in [0.25, 0.3) is 11.8 Å². The number of aryl methyl sites for hydroxylation is 1. The maximum atomic E-state index is 13.5. The number of aliphatic carboxylic acids is 1. The molecule has 2 aromatic rings. The van der Waals surface area contributed by atoms with Gasteiger partial charge in [0.15, 0.2) is 6.61 Å². The number of likely N-dealkylation sites (tertiary alicyclic amines) is 2. The van der Waals surface area contributed by atoms with Gasteiger partial charge in [0.1, 0.15) is 23.5 Å². The molecule has 5 rings (SSSR count). The molecule has 0 bridgehead atoms. The quantitative estimate of drug-likeness (QED) is 0.377. The summed E-state index contributed by atoms with van der Waals surface area (Å²) in [6.07, 6.45) is 2.07. The van der Waals surface area contributed by atoms with Crippen LogP contribution in [0.25, 0.3) is 10.9 Å². The van der Waals surface area contributed by atoms with E-state index >= 15 is 0 Å². The second kappa shape index (κ2) is 15.3. The van der Waals surface area contributed by atoms with Gasteiger partial charge in [0, 0.05) is 57.3 Å². The molecule has 2 unspecified atom stereocenters. The maximum Gasteiger partial charge on any atom is 0.409 e. The molecule has 5 amide bonds. The number of hydrogen-bond acceptors (Lipinski definition) is 9. The Morgan fingerprint density at radius 3 is 2.33 bits per heavy atom. The summed E-state index contributed by atoms with van der Waals surface area (Å²) >= 11 is 0. The molecule has 3 aliphatic heterocycles. The number of fused-ring (bicyclic) bond motifs is 1. The molecule has 48 heavy (non-hydrogen) atoms. The Morgan fingerprint density at radius 2 is 1.65 bits per heavy atom. The van der Waals surface area contributed by atoms with Gasteiger partial charge in [0.2, 0.25) is 11.8 Å². The molecular formula is C33H42N6O9. The molecule has 3 saturated heterocycles. The van der Waals surface area contributed by atoms with Gasteiger partial charge in [-0.2, -0.15) is 0 Å². The molecule has 1 aromatic carbocycles. The van der Waals surface area contributed by atoms with Crippen molar-refractivity contribution in [2.24, 2.45) is 0 Å². The molecule has 3 aliphatic rings. The summed E-state index contributed by atoms with van der Waals surface area (Å²) in [6, 6.07) is 4.79. The Labute approximate surface area is 278 Å². The zero-order chi connectivity index (χ0) is 34.4. The number of carbonyl (C=O) groups is 6. The molecule has 15 heteroatoms. The number of carbonyl (C=O) groups excluding carboxylic acids is 5. The molecule has 3 fully saturated rings. The number of benzene rings is 1. The lowest BCUT2D eigenvalue weighted by atomic mass is 10.1. The van der Waals surface area contributed by atoms with E-state index in [0.717, 1.165) is 24.8 Å². The van der Waals surface area contributed by atoms with E-state index in [1.807, 2.05) is 17.9 Å². The number of ether oxygens (including phenoxy) is 2. The van der Waals surface area contributed by atoms with E-state index < -0.39 is 42.4 Å². The molecular weight excluding hydrogens is 624 g/mol. The molecule has 258 valence electrons. The second-order valence-corrected chi connectivity index (χ2v) is 12.2. The maximum absolute atomic E-state index is 13.5. The third-order valence-corrected chi connectivity index (χ3v) is 8.89. The monoisotopic (exact) mass is 666 g/mol. The molecule has 2 N–H and O–H groups in total. The fraction of sp³-hybridized carbons (Fsp3) is 0.545. The van der Waals surface area contributed by atoms with Crippen LogP contribution in [0.3, 0.4) is 0 Å². The Hall–Kier alpha value is -4.95. The predicted molar refractivity (Wildman–Crippen MR) is 171 cm³/mol. The summed E-state index contributed by atoms with van der Waals surface area (Å²) in [4.78, 5) is 87.8. The van der Waals surface area contributed by atoms with Gasteiger partial charge in [-0.1, -0.05) is 6.07 Å². The van der Waals surface area contributed by atoms with Crippen LogP contribution >= 0.6 is 0 Å². The van der Waals surface area contributed by atoms with Gasteiger partial charge in [-0.3, -0.25) is 24.0 Å². The lowest BCUT2D eigenvalue weighted by molar-refractivity contribution is -0.144. The van der Waals surface area contributed by atoms with Gasteiger partial charge >= 0.3 is 12.1 Å². The second-order valence-electron chi connectivity index (χ2n) is 12.2. The third kappa shape index (κ3) is 7.94. The highest BCUT2D eigenvalue weighted by atomic mass is 16.6. The fourth-order valence-electron chi connectivity index (χ4n) is 6.39. The Kier molecular flexibility index (Phi) is 11.0. The Bertz CT molecular complexity index is 1570. The van der Waals surface area contributed by atoms with Crippen molar-refractivity contribution in [1.82, 2.24) is 29.9 Å². The van der Waals surface area contributed by atoms with Crippen LogP contribution in [0, 0.1) is 6.92 Å². The first-order valence-corrected chi connectivity index (χ1v) is 16.4. The lowest BCUT2D eigenvalue weighted by Gasteiger charge is -2.35. The normalized spacial score (nSPS) is 18.5. The van der Waals surface area contributed by atoms with Crippen LogP contribution < -0.4 is 10.1 Å². The summed E-state index contributed by atoms with van der Waals surface area (Å²) < 4.78 is 11.0. The number of nitrogens with zero attached hydrogens (tertiary/aromatic N) is 5. The number of nitrogens with one attached hydrogen (secondary N) is 1. The van der Waals surface area contributed by atoms with Crippen LogP contribution in [0.1, 0.15) is 55.1 Å². The van der Waals surface area contributed by atoms with Gasteiger partial charge in [0.05, 0.1) is 18.5 Å². The summed E-state index contributed by atoms with van der Waals surface area (Å²) in [5.74, 6) is -2.85. The lowest BCUT2D eigenvalue weighted by Crippen LogP contribution is -2.56. The smallest absolute Gasteiger partial charge is 0.409 e. The number of piperazine rings is 1. The van der Waals surface area contributed by atoms with Crippen LogP contribution in [0.5, 0.6) is 5.75 Å². The highest BCUT2D eigenvalue weighted by Crippen LogP contribution is 2.28. The molecule has 0 spiro atoms. The Morgan fingerprint density at radius 1 is 0.938 bits per heavy atom. The number of carboxylic acids is 1. The molecule has 0 aliphatic carbocycles. The van der Waals surface area contributed by atoms with Crippen molar-refractivity contribution in [2.75, 3.05) is 59.0 Å². The third-order valence-electron chi connectivity index (χ3n) is 8.89. The van der Waals surface area contributed by atoms with Crippen molar-refractivity contribution < 1.29 is 43.3 Å². The summed E-state index contributed by atoms with van der Waals surface area (Å²) in [6.45, 7) is 5.94. The summed E-state index contributed by atoms with van der Waals surface area (Å²) in [7, 11) is 0. The zero-order valence-corrected chi connectivity index (χ0v) is 27.3. The number of pyridine rings is 1. The SMILES string of the molecule is CCOC(=O)N1CCN(C(=O)C(CC(=O)O)NC(=O)c2cc(OCC(=O)N3CCCC3C(=O)N3CCCC3)c3ccc(C)cc3n2)CC1. The average molecular weight is 667 g/mol.